The van der Waals surface area contributed by atoms with Gasteiger partial charge in [0.05, 0.1) is 11.3 Å². The van der Waals surface area contributed by atoms with Gasteiger partial charge in [0.25, 0.3) is 0 Å². The number of halogens is 4. The lowest BCUT2D eigenvalue weighted by Gasteiger charge is -2.23. The van der Waals surface area contributed by atoms with Crippen molar-refractivity contribution in [2.45, 2.75) is 25.1 Å². The van der Waals surface area contributed by atoms with Crippen LogP contribution in [0.1, 0.15) is 18.4 Å². The molecule has 1 unspecified atom stereocenters. The summed E-state index contributed by atoms with van der Waals surface area (Å²) in [6, 6.07) is 1.39. The summed E-state index contributed by atoms with van der Waals surface area (Å²) in [7, 11) is 0. The van der Waals surface area contributed by atoms with Crippen molar-refractivity contribution in [2.75, 3.05) is 11.9 Å². The van der Waals surface area contributed by atoms with Crippen LogP contribution in [0.15, 0.2) is 18.2 Å². The summed E-state index contributed by atoms with van der Waals surface area (Å²) in [6.45, 7) is 0.522. The summed E-state index contributed by atoms with van der Waals surface area (Å²) in [5, 5.41) is 6.92. The van der Waals surface area contributed by atoms with Crippen LogP contribution in [0.2, 0.25) is 5.02 Å². The number of rotatable bonds is 2. The Labute approximate surface area is 129 Å². The lowest BCUT2D eigenvalue weighted by molar-refractivity contribution is -0.137. The Morgan fingerprint density at radius 3 is 2.73 bits per heavy atom. The number of piperidine rings is 1. The molecule has 1 aromatic rings. The number of amides is 3. The van der Waals surface area contributed by atoms with E-state index in [1.807, 2.05) is 0 Å². The second kappa shape index (κ2) is 6.43. The van der Waals surface area contributed by atoms with E-state index in [9.17, 15) is 22.8 Å². The number of carbonyl (C=O) groups excluding carboxylic acids is 2. The molecule has 120 valence electrons. The van der Waals surface area contributed by atoms with Crippen LogP contribution >= 0.6 is 11.6 Å². The third-order valence-corrected chi connectivity index (χ3v) is 3.36. The monoisotopic (exact) mass is 335 g/mol. The predicted octanol–water partition coefficient (Wildman–Crippen LogP) is 2.76. The van der Waals surface area contributed by atoms with Gasteiger partial charge in [0.1, 0.15) is 6.04 Å². The Hall–Kier alpha value is -1.96. The van der Waals surface area contributed by atoms with Crippen LogP contribution in [0, 0.1) is 0 Å². The Morgan fingerprint density at radius 2 is 2.09 bits per heavy atom. The van der Waals surface area contributed by atoms with E-state index in [4.69, 9.17) is 11.6 Å². The molecule has 3 N–H and O–H groups in total. The molecule has 1 aliphatic heterocycles. The minimum atomic E-state index is -4.66. The fourth-order valence-electron chi connectivity index (χ4n) is 2.09. The van der Waals surface area contributed by atoms with Crippen molar-refractivity contribution in [1.82, 2.24) is 10.6 Å². The summed E-state index contributed by atoms with van der Waals surface area (Å²) in [5.41, 5.74) is -1.48. The molecule has 0 aliphatic carbocycles. The van der Waals surface area contributed by atoms with Gasteiger partial charge in [-0.1, -0.05) is 11.6 Å². The number of alkyl halides is 3. The van der Waals surface area contributed by atoms with E-state index in [1.54, 1.807) is 0 Å². The van der Waals surface area contributed by atoms with Gasteiger partial charge in [0, 0.05) is 11.6 Å². The van der Waals surface area contributed by atoms with E-state index < -0.39 is 29.5 Å². The van der Waals surface area contributed by atoms with Gasteiger partial charge in [-0.2, -0.15) is 13.2 Å². The van der Waals surface area contributed by atoms with Crippen LogP contribution in [0.3, 0.4) is 0 Å². The minimum Gasteiger partial charge on any atom is -0.354 e. The molecule has 1 atom stereocenters. The van der Waals surface area contributed by atoms with E-state index in [0.29, 0.717) is 19.4 Å². The first kappa shape index (κ1) is 16.4. The first-order chi connectivity index (χ1) is 10.3. The highest BCUT2D eigenvalue weighted by Crippen LogP contribution is 2.36. The van der Waals surface area contributed by atoms with E-state index in [-0.39, 0.29) is 10.9 Å². The summed E-state index contributed by atoms with van der Waals surface area (Å²) in [5.74, 6) is -0.353. The highest BCUT2D eigenvalue weighted by Gasteiger charge is 2.34. The lowest BCUT2D eigenvalue weighted by atomic mass is 10.1. The van der Waals surface area contributed by atoms with Crippen molar-refractivity contribution >= 4 is 29.2 Å². The molecule has 0 spiro atoms. The zero-order chi connectivity index (χ0) is 16.3. The van der Waals surface area contributed by atoms with Gasteiger partial charge in [-0.05, 0) is 31.0 Å². The number of nitrogens with one attached hydrogen (secondary N) is 3. The smallest absolute Gasteiger partial charge is 0.354 e. The fraction of sp³-hybridized carbons (Fsp3) is 0.385. The van der Waals surface area contributed by atoms with Crippen LogP contribution in [0.4, 0.5) is 23.7 Å². The van der Waals surface area contributed by atoms with Crippen molar-refractivity contribution in [3.8, 4) is 0 Å². The molecule has 3 amide bonds. The Morgan fingerprint density at radius 1 is 1.36 bits per heavy atom. The SMILES string of the molecule is O=C(Nc1ccc(Cl)cc1C(F)(F)F)NC1CCCNC1=O. The molecule has 1 aromatic carbocycles. The van der Waals surface area contributed by atoms with Gasteiger partial charge in [-0.15, -0.1) is 0 Å². The molecule has 1 heterocycles. The molecule has 5 nitrogen and oxygen atoms in total. The molecule has 9 heteroatoms. The zero-order valence-corrected chi connectivity index (χ0v) is 12.0. The van der Waals surface area contributed by atoms with Crippen molar-refractivity contribution in [2.24, 2.45) is 0 Å². The number of hydrogen-bond acceptors (Lipinski definition) is 2. The molecule has 22 heavy (non-hydrogen) atoms. The van der Waals surface area contributed by atoms with Crippen molar-refractivity contribution in [3.05, 3.63) is 28.8 Å². The molecule has 0 saturated carbocycles. The van der Waals surface area contributed by atoms with Crippen LogP contribution in [-0.4, -0.2) is 24.5 Å². The number of benzene rings is 1. The molecule has 0 aromatic heterocycles. The third kappa shape index (κ3) is 4.03. The van der Waals surface area contributed by atoms with Gasteiger partial charge in [0.2, 0.25) is 5.91 Å². The maximum absolute atomic E-state index is 12.9. The van der Waals surface area contributed by atoms with Crippen LogP contribution in [0.5, 0.6) is 0 Å². The number of carbonyl (C=O) groups is 2. The highest BCUT2D eigenvalue weighted by molar-refractivity contribution is 6.30. The molecule has 1 aliphatic rings. The van der Waals surface area contributed by atoms with E-state index >= 15 is 0 Å². The summed E-state index contributed by atoms with van der Waals surface area (Å²) in [6.07, 6.45) is -3.53. The van der Waals surface area contributed by atoms with Crippen LogP contribution < -0.4 is 16.0 Å². The normalized spacial score (nSPS) is 18.5. The van der Waals surface area contributed by atoms with E-state index in [1.165, 1.54) is 6.07 Å². The van der Waals surface area contributed by atoms with Crippen LogP contribution in [-0.2, 0) is 11.0 Å². The number of anilines is 1. The highest BCUT2D eigenvalue weighted by atomic mass is 35.5. The summed E-state index contributed by atoms with van der Waals surface area (Å²) in [4.78, 5) is 23.3. The maximum atomic E-state index is 12.9. The summed E-state index contributed by atoms with van der Waals surface area (Å²) < 4.78 is 38.7. The Balaban J connectivity index is 2.10. The first-order valence-electron chi connectivity index (χ1n) is 6.49. The van der Waals surface area contributed by atoms with Gasteiger partial charge in [-0.25, -0.2) is 4.79 Å². The molecule has 0 bridgehead atoms. The maximum Gasteiger partial charge on any atom is 0.418 e. The molecular formula is C13H13ClF3N3O2. The van der Waals surface area contributed by atoms with Gasteiger partial charge < -0.3 is 16.0 Å². The summed E-state index contributed by atoms with van der Waals surface area (Å²) >= 11 is 5.55. The topological polar surface area (TPSA) is 70.2 Å². The molecule has 0 radical (unpaired) electrons. The second-order valence-corrected chi connectivity index (χ2v) is 5.21. The largest absolute Gasteiger partial charge is 0.418 e. The lowest BCUT2D eigenvalue weighted by Crippen LogP contribution is -2.51. The quantitative estimate of drug-likeness (QED) is 0.777. The molecule has 1 saturated heterocycles. The number of urea groups is 1. The number of hydrogen-bond donors (Lipinski definition) is 3. The van der Waals surface area contributed by atoms with Crippen molar-refractivity contribution in [1.29, 1.82) is 0 Å². The third-order valence-electron chi connectivity index (χ3n) is 3.13. The van der Waals surface area contributed by atoms with Crippen molar-refractivity contribution in [3.63, 3.8) is 0 Å². The fourth-order valence-corrected chi connectivity index (χ4v) is 2.26. The standard InChI is InChI=1S/C13H13ClF3N3O2/c14-7-3-4-9(8(6-7)13(15,16)17)19-12(22)20-10-2-1-5-18-11(10)21/h3-4,6,10H,1-2,5H2,(H,18,21)(H2,19,20,22). The Bertz CT molecular complexity index is 592. The van der Waals surface area contributed by atoms with Gasteiger partial charge in [-0.3, -0.25) is 4.79 Å². The average Bonchev–Trinajstić information content (AvgIpc) is 2.42. The Kier molecular flexibility index (Phi) is 4.80. The predicted molar refractivity (Wildman–Crippen MR) is 74.6 cm³/mol. The molecule has 1 fully saturated rings. The van der Waals surface area contributed by atoms with Crippen molar-refractivity contribution < 1.29 is 22.8 Å². The van der Waals surface area contributed by atoms with E-state index in [2.05, 4.69) is 16.0 Å². The first-order valence-corrected chi connectivity index (χ1v) is 6.87. The minimum absolute atomic E-state index is 0.0926. The van der Waals surface area contributed by atoms with Gasteiger partial charge >= 0.3 is 12.2 Å². The molecule has 2 rings (SSSR count). The molecular weight excluding hydrogens is 323 g/mol. The average molecular weight is 336 g/mol. The van der Waals surface area contributed by atoms with Gasteiger partial charge in [0.15, 0.2) is 0 Å². The second-order valence-electron chi connectivity index (χ2n) is 4.77. The van der Waals surface area contributed by atoms with Crippen LogP contribution in [0.25, 0.3) is 0 Å². The zero-order valence-electron chi connectivity index (χ0n) is 11.3. The van der Waals surface area contributed by atoms with E-state index in [0.717, 1.165) is 12.1 Å².